The van der Waals surface area contributed by atoms with E-state index in [4.69, 9.17) is 0 Å². The van der Waals surface area contributed by atoms with Crippen LogP contribution in [0.15, 0.2) is 4.52 Å². The highest BCUT2D eigenvalue weighted by Gasteiger charge is 2.63. The third-order valence-electron chi connectivity index (χ3n) is 2.67. The molecule has 0 aliphatic carbocycles. The van der Waals surface area contributed by atoms with Gasteiger partial charge in [-0.25, -0.2) is 0 Å². The molecule has 5 nitrogen and oxygen atoms in total. The molecule has 0 aromatic carbocycles. The summed E-state index contributed by atoms with van der Waals surface area (Å²) in [6.45, 7) is 2.78. The molecule has 1 aliphatic rings. The molecule has 19 heavy (non-hydrogen) atoms. The van der Waals surface area contributed by atoms with Crippen LogP contribution in [0.2, 0.25) is 0 Å². The number of nitrogens with zero attached hydrogens (tertiary/aromatic N) is 3. The number of hydrogen-bond acceptors (Lipinski definition) is 5. The summed E-state index contributed by atoms with van der Waals surface area (Å²) in [5.41, 5.74) is 0. The predicted octanol–water partition coefficient (Wildman–Crippen LogP) is 1.13. The lowest BCUT2D eigenvalue weighted by atomic mass is 10.3. The minimum Gasteiger partial charge on any atom is -0.332 e. The number of rotatable bonds is 3. The van der Waals surface area contributed by atoms with Crippen LogP contribution < -0.4 is 5.32 Å². The lowest BCUT2D eigenvalue weighted by Crippen LogP contribution is -2.43. The maximum Gasteiger partial charge on any atom is 0.463 e. The van der Waals surface area contributed by atoms with Gasteiger partial charge in [0.1, 0.15) is 0 Å². The highest BCUT2D eigenvalue weighted by atomic mass is 19.4. The van der Waals surface area contributed by atoms with Crippen molar-refractivity contribution in [1.29, 1.82) is 0 Å². The van der Waals surface area contributed by atoms with E-state index in [1.807, 2.05) is 4.90 Å². The minimum atomic E-state index is -5.74. The maximum absolute atomic E-state index is 12.9. The molecule has 2 rings (SSSR count). The molecule has 0 amide bonds. The lowest BCUT2D eigenvalue weighted by Gasteiger charge is -2.25. The van der Waals surface area contributed by atoms with E-state index < -0.39 is 18.0 Å². The van der Waals surface area contributed by atoms with Crippen molar-refractivity contribution in [3.63, 3.8) is 0 Å². The molecule has 1 aromatic heterocycles. The molecule has 0 spiro atoms. The van der Waals surface area contributed by atoms with E-state index >= 15 is 0 Å². The first kappa shape index (κ1) is 14.1. The Balaban J connectivity index is 2.06. The Morgan fingerprint density at radius 1 is 1.16 bits per heavy atom. The third kappa shape index (κ3) is 3.00. The molecule has 1 aromatic rings. The van der Waals surface area contributed by atoms with E-state index in [-0.39, 0.29) is 12.4 Å². The zero-order valence-corrected chi connectivity index (χ0v) is 9.68. The molecule has 0 saturated carbocycles. The van der Waals surface area contributed by atoms with Crippen molar-refractivity contribution < 1.29 is 26.5 Å². The fourth-order valence-corrected chi connectivity index (χ4v) is 1.64. The quantitative estimate of drug-likeness (QED) is 0.844. The van der Waals surface area contributed by atoms with Gasteiger partial charge in [0.2, 0.25) is 0 Å². The number of hydrogen-bond donors (Lipinski definition) is 1. The number of alkyl halides is 5. The van der Waals surface area contributed by atoms with Crippen molar-refractivity contribution in [2.45, 2.75) is 18.6 Å². The molecule has 0 unspecified atom stereocenters. The first-order valence-corrected chi connectivity index (χ1v) is 5.51. The Bertz CT molecular complexity index is 426. The van der Waals surface area contributed by atoms with Crippen LogP contribution in [0.3, 0.4) is 0 Å². The standard InChI is InChI=1S/C9H11F5N4O/c10-8(11,9(12,13)14)7-16-6(17-19-7)5-18-3-1-15-2-4-18/h15H,1-5H2. The van der Waals surface area contributed by atoms with Crippen molar-refractivity contribution in [3.8, 4) is 0 Å². The van der Waals surface area contributed by atoms with Gasteiger partial charge in [-0.05, 0) is 0 Å². The molecule has 2 heterocycles. The van der Waals surface area contributed by atoms with Gasteiger partial charge in [0, 0.05) is 26.2 Å². The number of nitrogens with one attached hydrogen (secondary N) is 1. The summed E-state index contributed by atoms with van der Waals surface area (Å²) >= 11 is 0. The van der Waals surface area contributed by atoms with Gasteiger partial charge < -0.3 is 9.84 Å². The SMILES string of the molecule is FC(F)(F)C(F)(F)c1nc(CN2CCNCC2)no1. The van der Waals surface area contributed by atoms with Gasteiger partial charge in [0.15, 0.2) is 5.82 Å². The van der Waals surface area contributed by atoms with E-state index in [0.717, 1.165) is 0 Å². The second kappa shape index (κ2) is 5.00. The first-order chi connectivity index (χ1) is 8.80. The zero-order chi connectivity index (χ0) is 14.1. The molecule has 1 fully saturated rings. The van der Waals surface area contributed by atoms with Gasteiger partial charge in [-0.3, -0.25) is 4.90 Å². The van der Waals surface area contributed by atoms with Crippen molar-refractivity contribution in [2.75, 3.05) is 26.2 Å². The fourth-order valence-electron chi connectivity index (χ4n) is 1.64. The second-order valence-electron chi connectivity index (χ2n) is 4.11. The predicted molar refractivity (Wildman–Crippen MR) is 52.4 cm³/mol. The van der Waals surface area contributed by atoms with Crippen LogP contribution in [-0.2, 0) is 12.5 Å². The molecule has 1 aliphatic heterocycles. The molecule has 1 saturated heterocycles. The topological polar surface area (TPSA) is 54.2 Å². The van der Waals surface area contributed by atoms with E-state index in [2.05, 4.69) is 20.0 Å². The van der Waals surface area contributed by atoms with E-state index in [9.17, 15) is 22.0 Å². The molecule has 0 atom stereocenters. The number of aromatic nitrogens is 2. The molecule has 0 bridgehead atoms. The molecular formula is C9H11F5N4O. The van der Waals surface area contributed by atoms with Crippen LogP contribution in [0.4, 0.5) is 22.0 Å². The average Bonchev–Trinajstić information content (AvgIpc) is 2.78. The summed E-state index contributed by atoms with van der Waals surface area (Å²) in [4.78, 5) is 4.96. The monoisotopic (exact) mass is 286 g/mol. The van der Waals surface area contributed by atoms with Crippen LogP contribution in [0.5, 0.6) is 0 Å². The molecule has 0 radical (unpaired) electrons. The summed E-state index contributed by atoms with van der Waals surface area (Å²) in [6, 6.07) is 0. The minimum absolute atomic E-state index is 0.0825. The zero-order valence-electron chi connectivity index (χ0n) is 9.68. The van der Waals surface area contributed by atoms with Gasteiger partial charge in [0.25, 0.3) is 0 Å². The number of halogens is 5. The molecular weight excluding hydrogens is 275 g/mol. The van der Waals surface area contributed by atoms with E-state index in [1.54, 1.807) is 0 Å². The van der Waals surface area contributed by atoms with Crippen molar-refractivity contribution in [2.24, 2.45) is 0 Å². The van der Waals surface area contributed by atoms with Gasteiger partial charge in [-0.15, -0.1) is 0 Å². The highest BCUT2D eigenvalue weighted by Crippen LogP contribution is 2.42. The molecule has 108 valence electrons. The average molecular weight is 286 g/mol. The Hall–Kier alpha value is -1.29. The Morgan fingerprint density at radius 2 is 1.79 bits per heavy atom. The summed E-state index contributed by atoms with van der Waals surface area (Å²) in [5, 5.41) is 6.24. The highest BCUT2D eigenvalue weighted by molar-refractivity contribution is 4.98. The first-order valence-electron chi connectivity index (χ1n) is 5.51. The van der Waals surface area contributed by atoms with Crippen LogP contribution in [0.25, 0.3) is 0 Å². The van der Waals surface area contributed by atoms with Crippen molar-refractivity contribution >= 4 is 0 Å². The fraction of sp³-hybridized carbons (Fsp3) is 0.778. The van der Waals surface area contributed by atoms with Crippen molar-refractivity contribution in [1.82, 2.24) is 20.4 Å². The summed E-state index contributed by atoms with van der Waals surface area (Å²) in [7, 11) is 0. The summed E-state index contributed by atoms with van der Waals surface area (Å²) in [6.07, 6.45) is -5.74. The van der Waals surface area contributed by atoms with Crippen LogP contribution in [0, 0.1) is 0 Å². The third-order valence-corrected chi connectivity index (χ3v) is 2.67. The summed E-state index contributed by atoms with van der Waals surface area (Å²) in [5.74, 6) is -7.02. The Morgan fingerprint density at radius 3 is 2.37 bits per heavy atom. The molecule has 1 N–H and O–H groups in total. The molecule has 10 heteroatoms. The Labute approximate surface area is 104 Å². The normalized spacial score (nSPS) is 18.8. The lowest BCUT2D eigenvalue weighted by molar-refractivity contribution is -0.298. The van der Waals surface area contributed by atoms with Gasteiger partial charge in [-0.2, -0.15) is 26.9 Å². The van der Waals surface area contributed by atoms with Gasteiger partial charge in [0.05, 0.1) is 6.54 Å². The van der Waals surface area contributed by atoms with Crippen molar-refractivity contribution in [3.05, 3.63) is 11.7 Å². The van der Waals surface area contributed by atoms with Gasteiger partial charge in [-0.1, -0.05) is 5.16 Å². The second-order valence-corrected chi connectivity index (χ2v) is 4.11. The largest absolute Gasteiger partial charge is 0.463 e. The van der Waals surface area contributed by atoms with Crippen LogP contribution in [0.1, 0.15) is 11.7 Å². The smallest absolute Gasteiger partial charge is 0.332 e. The van der Waals surface area contributed by atoms with E-state index in [0.29, 0.717) is 26.2 Å². The maximum atomic E-state index is 12.9. The van der Waals surface area contributed by atoms with E-state index in [1.165, 1.54) is 0 Å². The van der Waals surface area contributed by atoms with Gasteiger partial charge >= 0.3 is 18.0 Å². The van der Waals surface area contributed by atoms with Crippen LogP contribution >= 0.6 is 0 Å². The summed E-state index contributed by atoms with van der Waals surface area (Å²) < 4.78 is 66.1. The Kier molecular flexibility index (Phi) is 3.72. The van der Waals surface area contributed by atoms with Crippen LogP contribution in [-0.4, -0.2) is 47.4 Å². The number of piperazine rings is 1.